The second-order valence-corrected chi connectivity index (χ2v) is 13.1. The Bertz CT molecular complexity index is 2260. The first-order valence-electron chi connectivity index (χ1n) is 18.4. The smallest absolute Gasteiger partial charge is 0.425 e. The molecule has 1 N–H and O–H groups in total. The van der Waals surface area contributed by atoms with Crippen LogP contribution < -0.4 is 35.3 Å². The Labute approximate surface area is 359 Å². The van der Waals surface area contributed by atoms with Crippen LogP contribution in [0, 0.1) is 6.20 Å². The van der Waals surface area contributed by atoms with E-state index in [2.05, 4.69) is 78.5 Å². The van der Waals surface area contributed by atoms with Crippen molar-refractivity contribution in [3.63, 3.8) is 0 Å². The van der Waals surface area contributed by atoms with Gasteiger partial charge in [0.25, 0.3) is 0 Å². The molecule has 3 aliphatic heterocycles. The van der Waals surface area contributed by atoms with Gasteiger partial charge < -0.3 is 19.8 Å². The van der Waals surface area contributed by atoms with Crippen molar-refractivity contribution in [2.24, 2.45) is 0 Å². The van der Waals surface area contributed by atoms with Crippen molar-refractivity contribution in [2.75, 3.05) is 14.1 Å². The molecule has 0 saturated heterocycles. The van der Waals surface area contributed by atoms with Gasteiger partial charge in [-0.05, 0) is 117 Å². The second-order valence-electron chi connectivity index (χ2n) is 12.7. The molecule has 0 amide bonds. The Balaban J connectivity index is 0.000000153. The molecule has 14 heteroatoms. The molecule has 0 spiro atoms. The Morgan fingerprint density at radius 3 is 1.57 bits per heavy atom. The molecule has 9 heterocycles. The third-order valence-corrected chi connectivity index (χ3v) is 9.05. The minimum absolute atomic E-state index is 0. The van der Waals surface area contributed by atoms with E-state index in [9.17, 15) is 0 Å². The van der Waals surface area contributed by atoms with E-state index in [1.807, 2.05) is 158 Å². The van der Waals surface area contributed by atoms with Crippen molar-refractivity contribution in [2.45, 2.75) is 0 Å². The van der Waals surface area contributed by atoms with E-state index in [1.54, 1.807) is 24.7 Å². The van der Waals surface area contributed by atoms with Crippen molar-refractivity contribution >= 4 is 42.6 Å². The van der Waals surface area contributed by atoms with Gasteiger partial charge in [0.1, 0.15) is 0 Å². The Morgan fingerprint density at radius 2 is 1.07 bits per heavy atom. The van der Waals surface area contributed by atoms with E-state index < -0.39 is 0 Å². The molecule has 6 aromatic rings. The summed E-state index contributed by atoms with van der Waals surface area (Å²) < 4.78 is 0. The molecule has 0 bridgehead atoms. The molecule has 58 heavy (non-hydrogen) atoms. The third-order valence-electron chi connectivity index (χ3n) is 8.60. The largest absolute Gasteiger partial charge is 1.00 e. The van der Waals surface area contributed by atoms with Gasteiger partial charge in [0, 0.05) is 35.5 Å². The monoisotopic (exact) mass is 769 g/mol. The maximum Gasteiger partial charge on any atom is 1.00 e. The number of halogens is 1. The van der Waals surface area contributed by atoms with Gasteiger partial charge in [0.15, 0.2) is 0 Å². The van der Waals surface area contributed by atoms with Crippen LogP contribution in [0.1, 0.15) is 0 Å². The molecule has 9 nitrogen and oxygen atoms in total. The fourth-order valence-electron chi connectivity index (χ4n) is 5.62. The van der Waals surface area contributed by atoms with Gasteiger partial charge >= 0.3 is 38.8 Å². The summed E-state index contributed by atoms with van der Waals surface area (Å²) in [5, 5.41) is 3.26. The molecule has 0 fully saturated rings. The van der Waals surface area contributed by atoms with Crippen molar-refractivity contribution in [1.29, 1.82) is 0 Å². The summed E-state index contributed by atoms with van der Waals surface area (Å²) in [5.74, 6) is 6.16. The van der Waals surface area contributed by atoms with E-state index in [4.69, 9.17) is 16.4 Å². The molecule has 0 aliphatic carbocycles. The average molecular weight is 770 g/mol. The number of pyridine rings is 6. The summed E-state index contributed by atoms with van der Waals surface area (Å²) in [6.07, 6.45) is 26.0. The summed E-state index contributed by atoms with van der Waals surface area (Å²) in [6, 6.07) is 35.2. The summed E-state index contributed by atoms with van der Waals surface area (Å²) in [4.78, 5) is 30.4. The van der Waals surface area contributed by atoms with E-state index in [1.165, 1.54) is 0 Å². The number of hydrogen-bond acceptors (Lipinski definition) is 9. The van der Waals surface area contributed by atoms with Crippen LogP contribution in [0.3, 0.4) is 0 Å². The third kappa shape index (κ3) is 12.9. The van der Waals surface area contributed by atoms with E-state index >= 15 is 0 Å². The second kappa shape index (κ2) is 23.1. The molecular weight excluding hydrogens is 729 g/mol. The molecule has 0 aromatic carbocycles. The maximum atomic E-state index is 5.75. The number of rotatable bonds is 5. The molecule has 0 saturated carbocycles. The number of nitrogens with zero attached hydrogens (tertiary/aromatic N) is 8. The molecular formula is C44H40B3ClLiN9. The molecule has 3 aliphatic rings. The minimum Gasteiger partial charge on any atom is -0.425 e. The Kier molecular flexibility index (Phi) is 17.1. The minimum atomic E-state index is 0. The van der Waals surface area contributed by atoms with Crippen LogP contribution in [-0.2, 0) is 0 Å². The van der Waals surface area contributed by atoms with Crippen LogP contribution in [-0.4, -0.2) is 73.6 Å². The van der Waals surface area contributed by atoms with Crippen LogP contribution in [0.4, 0.5) is 0 Å². The fourth-order valence-corrected chi connectivity index (χ4v) is 5.77. The Hall–Kier alpha value is -6.18. The first-order chi connectivity index (χ1) is 28.0. The molecule has 278 valence electrons. The van der Waals surface area contributed by atoms with Gasteiger partial charge in [-0.2, -0.15) is 23.6 Å². The molecule has 9 rings (SSSR count). The summed E-state index contributed by atoms with van der Waals surface area (Å²) in [5.41, 5.74) is 7.39. The van der Waals surface area contributed by atoms with Gasteiger partial charge in [0.2, 0.25) is 0 Å². The Morgan fingerprint density at radius 1 is 0.534 bits per heavy atom. The molecule has 0 unspecified atom stereocenters. The molecule has 0 atom stereocenters. The first-order valence-corrected chi connectivity index (χ1v) is 18.9. The number of hydrogen-bond donors (Lipinski definition) is 1. The molecule has 0 radical (unpaired) electrons. The summed E-state index contributed by atoms with van der Waals surface area (Å²) in [6.45, 7) is 0.326. The molecule has 6 aromatic heterocycles. The van der Waals surface area contributed by atoms with Crippen molar-refractivity contribution in [1.82, 2.24) is 44.8 Å². The van der Waals surface area contributed by atoms with Gasteiger partial charge in [0.05, 0.1) is 22.8 Å². The number of nitrogens with one attached hydrogen (secondary N) is 1. The normalized spacial score (nSPS) is 13.2. The van der Waals surface area contributed by atoms with Crippen LogP contribution in [0.5, 0.6) is 0 Å². The zero-order chi connectivity index (χ0) is 39.5. The van der Waals surface area contributed by atoms with Crippen LogP contribution in [0.15, 0.2) is 201 Å². The van der Waals surface area contributed by atoms with Gasteiger partial charge in [-0.25, -0.2) is 0 Å². The average Bonchev–Trinajstić information content (AvgIpc) is 3.30. The van der Waals surface area contributed by atoms with Crippen LogP contribution in [0.25, 0.3) is 34.2 Å². The zero-order valence-corrected chi connectivity index (χ0v) is 33.5. The van der Waals surface area contributed by atoms with E-state index in [-0.39, 0.29) is 38.8 Å². The standard InChI is InChI=1S/C15H14BN3.C14H12BN3.C10H7N2.C5H7BClN.Li/c1-19-12-5-3-10-16(19)15-9-6-8-14(18-15)13-7-2-4-11-17-13;1-3-10-16-12(6-1)13-7-5-8-14(18-13)15-9-2-4-11-17-15;1-3-7-11-9(5-1)10-6-2-4-8-12-10;1-8-5-3-2-4-6(8)7;/h2-12H,1H3;1-11,17H;1-7H;2-5H,1H3;/q;;-1;;+1. The number of aromatic nitrogens is 6. The van der Waals surface area contributed by atoms with Crippen molar-refractivity contribution in [3.8, 4) is 34.2 Å². The van der Waals surface area contributed by atoms with Crippen molar-refractivity contribution < 1.29 is 18.9 Å². The fraction of sp³-hybridized carbons (Fsp3) is 0.0455. The zero-order valence-electron chi connectivity index (χ0n) is 32.7. The first kappa shape index (κ1) is 43.0. The van der Waals surface area contributed by atoms with Crippen molar-refractivity contribution in [3.05, 3.63) is 207 Å². The summed E-state index contributed by atoms with van der Waals surface area (Å²) >= 11 is 5.75. The quantitative estimate of drug-likeness (QED) is 0.208. The van der Waals surface area contributed by atoms with Gasteiger partial charge in [-0.15, -0.1) is 6.07 Å². The van der Waals surface area contributed by atoms with Crippen LogP contribution >= 0.6 is 11.5 Å². The van der Waals surface area contributed by atoms with Gasteiger partial charge in [-0.3, -0.25) is 24.9 Å². The van der Waals surface area contributed by atoms with Crippen LogP contribution in [0.2, 0.25) is 0 Å². The topological polar surface area (TPSA) is 95.9 Å². The van der Waals surface area contributed by atoms with E-state index in [0.717, 1.165) is 45.4 Å². The predicted octanol–water partition coefficient (Wildman–Crippen LogP) is 3.67. The van der Waals surface area contributed by atoms with Gasteiger partial charge in [-0.1, -0.05) is 72.7 Å². The SMILES string of the molecule is C1=CNB(c2cccc(-c3ccccn3)n2)C=C1.CN1C=CC=CB1Cl.CN1C=CC=CB1c1cccc(-c2ccccn2)n1.[Li+].[c-]1cccc(-c2ccccn2)n1. The summed E-state index contributed by atoms with van der Waals surface area (Å²) in [7, 11) is 4.00. The predicted molar refractivity (Wildman–Crippen MR) is 237 cm³/mol. The maximum absolute atomic E-state index is 5.75. The number of allylic oxidation sites excluding steroid dienone is 6. The van der Waals surface area contributed by atoms with E-state index in [0.29, 0.717) is 0 Å².